The molecule has 1 atom stereocenters. The SMILES string of the molecule is C[C@@H](C=O)n1cccc1. The molecule has 48 valence electrons. The molecule has 0 aliphatic rings. The second kappa shape index (κ2) is 2.49. The zero-order valence-corrected chi connectivity index (χ0v) is 5.32. The van der Waals surface area contributed by atoms with Crippen LogP contribution in [0, 0.1) is 0 Å². The van der Waals surface area contributed by atoms with Crippen LogP contribution >= 0.6 is 0 Å². The Labute approximate surface area is 54.1 Å². The quantitative estimate of drug-likeness (QED) is 0.542. The summed E-state index contributed by atoms with van der Waals surface area (Å²) >= 11 is 0. The number of rotatable bonds is 2. The Balaban J connectivity index is 2.76. The van der Waals surface area contributed by atoms with Crippen LogP contribution in [0.25, 0.3) is 0 Å². The van der Waals surface area contributed by atoms with Crippen LogP contribution in [0.3, 0.4) is 0 Å². The van der Waals surface area contributed by atoms with Gasteiger partial charge in [-0.15, -0.1) is 0 Å². The van der Waals surface area contributed by atoms with Crippen LogP contribution in [0.5, 0.6) is 0 Å². The molecule has 0 aliphatic heterocycles. The van der Waals surface area contributed by atoms with Crippen LogP contribution in [-0.4, -0.2) is 10.9 Å². The van der Waals surface area contributed by atoms with Gasteiger partial charge in [-0.3, -0.25) is 0 Å². The Bertz CT molecular complexity index is 179. The van der Waals surface area contributed by atoms with Gasteiger partial charge in [0.2, 0.25) is 0 Å². The molecule has 0 unspecified atom stereocenters. The highest BCUT2D eigenvalue weighted by molar-refractivity contribution is 5.54. The molecule has 0 radical (unpaired) electrons. The van der Waals surface area contributed by atoms with E-state index in [-0.39, 0.29) is 6.04 Å². The van der Waals surface area contributed by atoms with E-state index in [4.69, 9.17) is 0 Å². The Hall–Kier alpha value is -1.05. The van der Waals surface area contributed by atoms with E-state index in [1.54, 1.807) is 0 Å². The van der Waals surface area contributed by atoms with Crippen LogP contribution in [0.15, 0.2) is 24.5 Å². The zero-order chi connectivity index (χ0) is 6.69. The van der Waals surface area contributed by atoms with Crippen molar-refractivity contribution in [3.8, 4) is 0 Å². The van der Waals surface area contributed by atoms with E-state index in [0.29, 0.717) is 0 Å². The molecule has 0 saturated carbocycles. The third-order valence-corrected chi connectivity index (χ3v) is 1.29. The molecule has 0 aliphatic carbocycles. The maximum atomic E-state index is 10.2. The van der Waals surface area contributed by atoms with E-state index in [1.165, 1.54) is 0 Å². The molecule has 2 nitrogen and oxygen atoms in total. The minimum absolute atomic E-state index is 0.0278. The fourth-order valence-corrected chi connectivity index (χ4v) is 0.690. The van der Waals surface area contributed by atoms with Gasteiger partial charge in [-0.2, -0.15) is 0 Å². The highest BCUT2D eigenvalue weighted by Gasteiger charge is 1.96. The van der Waals surface area contributed by atoms with Crippen molar-refractivity contribution in [2.45, 2.75) is 13.0 Å². The third kappa shape index (κ3) is 1.19. The van der Waals surface area contributed by atoms with Crippen molar-refractivity contribution in [3.63, 3.8) is 0 Å². The monoisotopic (exact) mass is 123 g/mol. The summed E-state index contributed by atoms with van der Waals surface area (Å²) in [4.78, 5) is 10.2. The Morgan fingerprint density at radius 1 is 1.44 bits per heavy atom. The molecule has 0 N–H and O–H groups in total. The summed E-state index contributed by atoms with van der Waals surface area (Å²) in [6, 6.07) is 3.78. The average Bonchev–Trinajstić information content (AvgIpc) is 2.37. The number of aldehydes is 1. The van der Waals surface area contributed by atoms with Crippen LogP contribution < -0.4 is 0 Å². The van der Waals surface area contributed by atoms with Gasteiger partial charge in [0.05, 0.1) is 6.04 Å². The summed E-state index contributed by atoms with van der Waals surface area (Å²) in [6.45, 7) is 1.85. The highest BCUT2D eigenvalue weighted by Crippen LogP contribution is 2.00. The van der Waals surface area contributed by atoms with Gasteiger partial charge in [0.25, 0.3) is 0 Å². The van der Waals surface area contributed by atoms with Gasteiger partial charge in [-0.1, -0.05) is 0 Å². The van der Waals surface area contributed by atoms with Crippen molar-refractivity contribution < 1.29 is 4.79 Å². The number of hydrogen-bond donors (Lipinski definition) is 0. The Kier molecular flexibility index (Phi) is 1.68. The lowest BCUT2D eigenvalue weighted by atomic mass is 10.4. The molecule has 0 saturated heterocycles. The first kappa shape index (κ1) is 6.08. The maximum Gasteiger partial charge on any atom is 0.142 e. The summed E-state index contributed by atoms with van der Waals surface area (Å²) < 4.78 is 1.85. The fourth-order valence-electron chi connectivity index (χ4n) is 0.690. The lowest BCUT2D eigenvalue weighted by Crippen LogP contribution is -2.01. The molecule has 0 aromatic carbocycles. The molecule has 1 heterocycles. The predicted molar refractivity (Wildman–Crippen MR) is 35.2 cm³/mol. The summed E-state index contributed by atoms with van der Waals surface area (Å²) in [5, 5.41) is 0. The normalized spacial score (nSPS) is 13.0. The minimum atomic E-state index is -0.0278. The second-order valence-corrected chi connectivity index (χ2v) is 2.01. The van der Waals surface area contributed by atoms with E-state index >= 15 is 0 Å². The number of carbonyl (C=O) groups excluding carboxylic acids is 1. The molecule has 0 spiro atoms. The lowest BCUT2D eigenvalue weighted by molar-refractivity contribution is -0.110. The van der Waals surface area contributed by atoms with Crippen molar-refractivity contribution >= 4 is 6.29 Å². The predicted octanol–water partition coefficient (Wildman–Crippen LogP) is 1.25. The van der Waals surface area contributed by atoms with Gasteiger partial charge >= 0.3 is 0 Å². The number of aromatic nitrogens is 1. The van der Waals surface area contributed by atoms with Crippen LogP contribution in [0.1, 0.15) is 13.0 Å². The van der Waals surface area contributed by atoms with Crippen molar-refractivity contribution in [1.29, 1.82) is 0 Å². The summed E-state index contributed by atoms with van der Waals surface area (Å²) in [7, 11) is 0. The molecule has 1 aromatic heterocycles. The third-order valence-electron chi connectivity index (χ3n) is 1.29. The van der Waals surface area contributed by atoms with Crippen molar-refractivity contribution in [3.05, 3.63) is 24.5 Å². The van der Waals surface area contributed by atoms with E-state index in [1.807, 2.05) is 36.0 Å². The van der Waals surface area contributed by atoms with Gasteiger partial charge in [0.15, 0.2) is 0 Å². The number of nitrogens with zero attached hydrogens (tertiary/aromatic N) is 1. The maximum absolute atomic E-state index is 10.2. The smallest absolute Gasteiger partial charge is 0.142 e. The molecule has 0 bridgehead atoms. The van der Waals surface area contributed by atoms with Crippen molar-refractivity contribution in [1.82, 2.24) is 4.57 Å². The molecular weight excluding hydrogens is 114 g/mol. The standard InChI is InChI=1S/C7H9NO/c1-7(6-9)8-4-2-3-5-8/h2-7H,1H3/t7-/m0/s1. The van der Waals surface area contributed by atoms with Crippen molar-refractivity contribution in [2.75, 3.05) is 0 Å². The molecule has 0 fully saturated rings. The molecule has 9 heavy (non-hydrogen) atoms. The van der Waals surface area contributed by atoms with Gasteiger partial charge in [-0.25, -0.2) is 0 Å². The molecule has 1 aromatic rings. The minimum Gasteiger partial charge on any atom is -0.344 e. The van der Waals surface area contributed by atoms with E-state index < -0.39 is 0 Å². The van der Waals surface area contributed by atoms with E-state index in [2.05, 4.69) is 0 Å². The first-order valence-corrected chi connectivity index (χ1v) is 2.92. The van der Waals surface area contributed by atoms with E-state index in [9.17, 15) is 4.79 Å². The first-order valence-electron chi connectivity index (χ1n) is 2.92. The molecule has 0 amide bonds. The van der Waals surface area contributed by atoms with Gasteiger partial charge in [0.1, 0.15) is 6.29 Å². The molecule has 2 heteroatoms. The van der Waals surface area contributed by atoms with Gasteiger partial charge in [0, 0.05) is 12.4 Å². The van der Waals surface area contributed by atoms with Crippen LogP contribution in [-0.2, 0) is 4.79 Å². The Morgan fingerprint density at radius 2 is 2.00 bits per heavy atom. The van der Waals surface area contributed by atoms with E-state index in [0.717, 1.165) is 6.29 Å². The van der Waals surface area contributed by atoms with Crippen LogP contribution in [0.2, 0.25) is 0 Å². The highest BCUT2D eigenvalue weighted by atomic mass is 16.1. The summed E-state index contributed by atoms with van der Waals surface area (Å²) in [5.74, 6) is 0. The fraction of sp³-hybridized carbons (Fsp3) is 0.286. The average molecular weight is 123 g/mol. The number of hydrogen-bond acceptors (Lipinski definition) is 1. The van der Waals surface area contributed by atoms with Gasteiger partial charge in [-0.05, 0) is 19.1 Å². The van der Waals surface area contributed by atoms with Gasteiger partial charge < -0.3 is 9.36 Å². The topological polar surface area (TPSA) is 22.0 Å². The lowest BCUT2D eigenvalue weighted by Gasteiger charge is -2.02. The Morgan fingerprint density at radius 3 is 2.44 bits per heavy atom. The zero-order valence-electron chi connectivity index (χ0n) is 5.32. The summed E-state index contributed by atoms with van der Waals surface area (Å²) in [6.07, 6.45) is 4.66. The first-order chi connectivity index (χ1) is 4.34. The summed E-state index contributed by atoms with van der Waals surface area (Å²) in [5.41, 5.74) is 0. The van der Waals surface area contributed by atoms with Crippen molar-refractivity contribution in [2.24, 2.45) is 0 Å². The largest absolute Gasteiger partial charge is 0.344 e. The number of carbonyl (C=O) groups is 1. The molecular formula is C7H9NO. The van der Waals surface area contributed by atoms with Crippen LogP contribution in [0.4, 0.5) is 0 Å². The second-order valence-electron chi connectivity index (χ2n) is 2.01. The molecule has 1 rings (SSSR count).